The SMILES string of the molecule is Cc1nc(CNC(=O)c2sc(-c3c(OCc4ccccc4)cc[nH]c3=O)nc2C)cs1. The fourth-order valence-electron chi connectivity index (χ4n) is 2.97. The summed E-state index contributed by atoms with van der Waals surface area (Å²) in [6.07, 6.45) is 1.54. The molecule has 0 spiro atoms. The Bertz CT molecular complexity index is 1260. The van der Waals surface area contributed by atoms with Crippen molar-refractivity contribution in [1.29, 1.82) is 0 Å². The lowest BCUT2D eigenvalue weighted by atomic mass is 10.2. The van der Waals surface area contributed by atoms with Crippen LogP contribution in [-0.2, 0) is 13.2 Å². The molecule has 7 nitrogen and oxygen atoms in total. The number of aromatic nitrogens is 3. The van der Waals surface area contributed by atoms with Gasteiger partial charge in [0.2, 0.25) is 0 Å². The van der Waals surface area contributed by atoms with Crippen molar-refractivity contribution in [3.05, 3.63) is 85.2 Å². The summed E-state index contributed by atoms with van der Waals surface area (Å²) in [5, 5.41) is 6.18. The summed E-state index contributed by atoms with van der Waals surface area (Å²) in [5.41, 5.74) is 2.37. The van der Waals surface area contributed by atoms with Crippen LogP contribution in [-0.4, -0.2) is 20.9 Å². The first-order valence-electron chi connectivity index (χ1n) is 9.56. The summed E-state index contributed by atoms with van der Waals surface area (Å²) < 4.78 is 5.91. The highest BCUT2D eigenvalue weighted by Gasteiger charge is 2.21. The predicted molar refractivity (Wildman–Crippen MR) is 122 cm³/mol. The summed E-state index contributed by atoms with van der Waals surface area (Å²) in [6.45, 7) is 4.34. The Hall–Kier alpha value is -3.30. The molecule has 4 aromatic rings. The highest BCUT2D eigenvalue weighted by molar-refractivity contribution is 7.17. The Kier molecular flexibility index (Phi) is 6.24. The minimum absolute atomic E-state index is 0.244. The molecule has 0 aliphatic heterocycles. The maximum Gasteiger partial charge on any atom is 0.263 e. The van der Waals surface area contributed by atoms with Crippen LogP contribution in [0.5, 0.6) is 5.75 Å². The summed E-state index contributed by atoms with van der Waals surface area (Å²) in [5.74, 6) is 0.178. The molecular formula is C22H20N4O3S2. The normalized spacial score (nSPS) is 10.8. The van der Waals surface area contributed by atoms with Gasteiger partial charge >= 0.3 is 0 Å². The molecule has 0 aliphatic carbocycles. The smallest absolute Gasteiger partial charge is 0.263 e. The zero-order valence-electron chi connectivity index (χ0n) is 17.0. The van der Waals surface area contributed by atoms with Crippen molar-refractivity contribution in [3.63, 3.8) is 0 Å². The van der Waals surface area contributed by atoms with E-state index in [1.807, 2.05) is 42.6 Å². The molecule has 1 amide bonds. The number of amides is 1. The third kappa shape index (κ3) is 4.89. The van der Waals surface area contributed by atoms with Gasteiger partial charge in [0.25, 0.3) is 11.5 Å². The Morgan fingerprint density at radius 1 is 1.16 bits per heavy atom. The molecule has 3 aromatic heterocycles. The van der Waals surface area contributed by atoms with E-state index in [1.165, 1.54) is 28.9 Å². The number of pyridine rings is 1. The number of nitrogens with one attached hydrogen (secondary N) is 2. The van der Waals surface area contributed by atoms with Crippen molar-refractivity contribution in [2.45, 2.75) is 27.0 Å². The quantitative estimate of drug-likeness (QED) is 0.440. The second kappa shape index (κ2) is 9.23. The summed E-state index contributed by atoms with van der Waals surface area (Å²) >= 11 is 2.71. The Balaban J connectivity index is 1.56. The zero-order valence-corrected chi connectivity index (χ0v) is 18.6. The van der Waals surface area contributed by atoms with Gasteiger partial charge in [0.05, 0.1) is 22.9 Å². The number of ether oxygens (including phenoxy) is 1. The number of aromatic amines is 1. The number of H-pyrrole nitrogens is 1. The van der Waals surface area contributed by atoms with Gasteiger partial charge in [0, 0.05) is 11.6 Å². The molecule has 3 heterocycles. The van der Waals surface area contributed by atoms with Crippen LogP contribution in [0.1, 0.15) is 31.6 Å². The molecule has 0 saturated carbocycles. The van der Waals surface area contributed by atoms with Gasteiger partial charge in [-0.25, -0.2) is 9.97 Å². The molecule has 0 bridgehead atoms. The Morgan fingerprint density at radius 2 is 1.97 bits per heavy atom. The molecule has 0 aliphatic rings. The van der Waals surface area contributed by atoms with Crippen LogP contribution in [0, 0.1) is 13.8 Å². The van der Waals surface area contributed by atoms with Gasteiger partial charge in [-0.3, -0.25) is 9.59 Å². The molecule has 4 rings (SSSR count). The highest BCUT2D eigenvalue weighted by atomic mass is 32.1. The average molecular weight is 453 g/mol. The lowest BCUT2D eigenvalue weighted by Crippen LogP contribution is -2.22. The predicted octanol–water partition coefficient (Wildman–Crippen LogP) is 4.08. The van der Waals surface area contributed by atoms with E-state index in [0.717, 1.165) is 16.3 Å². The first-order chi connectivity index (χ1) is 15.0. The molecule has 0 atom stereocenters. The molecule has 0 saturated heterocycles. The largest absolute Gasteiger partial charge is 0.488 e. The van der Waals surface area contributed by atoms with Crippen molar-refractivity contribution < 1.29 is 9.53 Å². The number of thiazole rings is 2. The van der Waals surface area contributed by atoms with E-state index in [0.29, 0.717) is 40.0 Å². The number of rotatable bonds is 7. The monoisotopic (exact) mass is 452 g/mol. The van der Waals surface area contributed by atoms with Crippen LogP contribution in [0.25, 0.3) is 10.6 Å². The third-order valence-electron chi connectivity index (χ3n) is 4.47. The number of benzene rings is 1. The van der Waals surface area contributed by atoms with Gasteiger partial charge < -0.3 is 15.0 Å². The van der Waals surface area contributed by atoms with E-state index in [2.05, 4.69) is 20.3 Å². The van der Waals surface area contributed by atoms with Gasteiger partial charge in [0.15, 0.2) is 0 Å². The second-order valence-electron chi connectivity index (χ2n) is 6.79. The van der Waals surface area contributed by atoms with Crippen LogP contribution < -0.4 is 15.6 Å². The van der Waals surface area contributed by atoms with Gasteiger partial charge in [0.1, 0.15) is 27.8 Å². The maximum absolute atomic E-state index is 12.7. The minimum atomic E-state index is -0.316. The van der Waals surface area contributed by atoms with E-state index in [1.54, 1.807) is 13.0 Å². The number of hydrogen-bond donors (Lipinski definition) is 2. The highest BCUT2D eigenvalue weighted by Crippen LogP contribution is 2.32. The lowest BCUT2D eigenvalue weighted by Gasteiger charge is -2.09. The van der Waals surface area contributed by atoms with Gasteiger partial charge in [-0.15, -0.1) is 22.7 Å². The van der Waals surface area contributed by atoms with Crippen LogP contribution in [0.4, 0.5) is 0 Å². The van der Waals surface area contributed by atoms with Crippen molar-refractivity contribution in [2.24, 2.45) is 0 Å². The second-order valence-corrected chi connectivity index (χ2v) is 8.86. The van der Waals surface area contributed by atoms with Crippen LogP contribution in [0.3, 0.4) is 0 Å². The summed E-state index contributed by atoms with van der Waals surface area (Å²) in [7, 11) is 0. The lowest BCUT2D eigenvalue weighted by molar-refractivity contribution is 0.0953. The Labute approximate surface area is 186 Å². The number of hydrogen-bond acceptors (Lipinski definition) is 7. The van der Waals surface area contributed by atoms with E-state index >= 15 is 0 Å². The number of nitrogens with zero attached hydrogens (tertiary/aromatic N) is 2. The van der Waals surface area contributed by atoms with E-state index in [4.69, 9.17) is 4.74 Å². The van der Waals surface area contributed by atoms with E-state index < -0.39 is 0 Å². The third-order valence-corrected chi connectivity index (χ3v) is 6.47. The first kappa shape index (κ1) is 21.0. The van der Waals surface area contributed by atoms with Crippen molar-refractivity contribution in [3.8, 4) is 16.3 Å². The summed E-state index contributed by atoms with van der Waals surface area (Å²) in [4.78, 5) is 37.2. The van der Waals surface area contributed by atoms with Gasteiger partial charge in [-0.1, -0.05) is 30.3 Å². The fourth-order valence-corrected chi connectivity index (χ4v) is 4.62. The minimum Gasteiger partial charge on any atom is -0.488 e. The van der Waals surface area contributed by atoms with Gasteiger partial charge in [-0.05, 0) is 25.5 Å². The van der Waals surface area contributed by atoms with Crippen LogP contribution in [0.15, 0.2) is 52.8 Å². The molecule has 1 aromatic carbocycles. The molecule has 9 heteroatoms. The molecular weight excluding hydrogens is 432 g/mol. The van der Waals surface area contributed by atoms with Crippen LogP contribution >= 0.6 is 22.7 Å². The van der Waals surface area contributed by atoms with Crippen molar-refractivity contribution in [2.75, 3.05) is 0 Å². The summed E-state index contributed by atoms with van der Waals surface area (Å²) in [6, 6.07) is 11.4. The van der Waals surface area contributed by atoms with E-state index in [9.17, 15) is 9.59 Å². The molecule has 0 unspecified atom stereocenters. The van der Waals surface area contributed by atoms with E-state index in [-0.39, 0.29) is 11.5 Å². The molecule has 31 heavy (non-hydrogen) atoms. The zero-order chi connectivity index (χ0) is 21.8. The molecule has 158 valence electrons. The molecule has 0 fully saturated rings. The standard InChI is InChI=1S/C22H20N4O3S2/c1-13-19(21(28)24-10-16-12-30-14(2)26-16)31-22(25-13)18-17(8-9-23-20(18)27)29-11-15-6-4-3-5-7-15/h3-9,12H,10-11H2,1-2H3,(H,23,27)(H,24,28). The van der Waals surface area contributed by atoms with Crippen molar-refractivity contribution in [1.82, 2.24) is 20.3 Å². The topological polar surface area (TPSA) is 97.0 Å². The number of aryl methyl sites for hydroxylation is 2. The average Bonchev–Trinajstić information content (AvgIpc) is 3.36. The number of carbonyl (C=O) groups excluding carboxylic acids is 1. The maximum atomic E-state index is 12.7. The van der Waals surface area contributed by atoms with Crippen LogP contribution in [0.2, 0.25) is 0 Å². The number of carbonyl (C=O) groups is 1. The molecule has 0 radical (unpaired) electrons. The first-order valence-corrected chi connectivity index (χ1v) is 11.3. The van der Waals surface area contributed by atoms with Gasteiger partial charge in [-0.2, -0.15) is 0 Å². The molecule has 2 N–H and O–H groups in total. The Morgan fingerprint density at radius 3 is 2.71 bits per heavy atom. The fraction of sp³-hybridized carbons (Fsp3) is 0.182. The van der Waals surface area contributed by atoms with Crippen molar-refractivity contribution >= 4 is 28.6 Å².